The Kier molecular flexibility index (Phi) is 8.37. The lowest BCUT2D eigenvalue weighted by molar-refractivity contribution is 0.269. The second kappa shape index (κ2) is 11.6. The molecule has 0 aliphatic rings. The van der Waals surface area contributed by atoms with Crippen LogP contribution in [0.2, 0.25) is 0 Å². The number of aryl methyl sites for hydroxylation is 1. The van der Waals surface area contributed by atoms with Gasteiger partial charge in [0.15, 0.2) is 23.0 Å². The molecule has 3 rings (SSSR count). The number of nitrogens with zero attached hydrogens (tertiary/aromatic N) is 1. The van der Waals surface area contributed by atoms with Crippen LogP contribution in [0.25, 0.3) is 0 Å². The monoisotopic (exact) mass is 434 g/mol. The summed E-state index contributed by atoms with van der Waals surface area (Å²) in [7, 11) is 3.24. The fourth-order valence-electron chi connectivity index (χ4n) is 3.09. The Bertz CT molecular complexity index is 1030. The molecule has 0 saturated heterocycles. The summed E-state index contributed by atoms with van der Waals surface area (Å²) in [6.07, 6.45) is 1.76. The first-order chi connectivity index (χ1) is 15.6. The number of hydrogen-bond acceptors (Lipinski definition) is 6. The van der Waals surface area contributed by atoms with Gasteiger partial charge >= 0.3 is 0 Å². The molecule has 6 nitrogen and oxygen atoms in total. The van der Waals surface area contributed by atoms with Crippen molar-refractivity contribution in [3.05, 3.63) is 82.9 Å². The molecule has 0 fully saturated rings. The summed E-state index contributed by atoms with van der Waals surface area (Å²) in [6, 6.07) is 19.9. The van der Waals surface area contributed by atoms with E-state index in [1.54, 1.807) is 20.4 Å². The van der Waals surface area contributed by atoms with E-state index in [1.807, 2.05) is 43.3 Å². The van der Waals surface area contributed by atoms with E-state index in [2.05, 4.69) is 41.7 Å². The van der Waals surface area contributed by atoms with E-state index in [9.17, 15) is 0 Å². The van der Waals surface area contributed by atoms with Gasteiger partial charge in [-0.2, -0.15) is 5.10 Å². The van der Waals surface area contributed by atoms with Crippen LogP contribution in [0.15, 0.2) is 65.8 Å². The number of hydrogen-bond donors (Lipinski definition) is 1. The Morgan fingerprint density at radius 3 is 2.22 bits per heavy atom. The fourth-order valence-corrected chi connectivity index (χ4v) is 3.09. The van der Waals surface area contributed by atoms with Crippen LogP contribution in [0.3, 0.4) is 0 Å². The molecule has 0 saturated carbocycles. The maximum atomic E-state index is 5.99. The van der Waals surface area contributed by atoms with Gasteiger partial charge < -0.3 is 24.4 Å². The fraction of sp³-hybridized carbons (Fsp3) is 0.269. The van der Waals surface area contributed by atoms with E-state index in [-0.39, 0.29) is 0 Å². The van der Waals surface area contributed by atoms with Crippen molar-refractivity contribution in [2.45, 2.75) is 27.0 Å². The minimum absolute atomic E-state index is 0.487. The molecule has 0 spiro atoms. The number of ether oxygens (including phenoxy) is 4. The van der Waals surface area contributed by atoms with Crippen molar-refractivity contribution in [1.29, 1.82) is 0 Å². The first-order valence-electron chi connectivity index (χ1n) is 10.5. The maximum Gasteiger partial charge on any atom is 0.161 e. The van der Waals surface area contributed by atoms with Gasteiger partial charge in [0.2, 0.25) is 0 Å². The van der Waals surface area contributed by atoms with Gasteiger partial charge in [-0.1, -0.05) is 35.9 Å². The van der Waals surface area contributed by atoms with E-state index in [0.29, 0.717) is 42.8 Å². The zero-order valence-electron chi connectivity index (χ0n) is 19.1. The molecule has 6 heteroatoms. The van der Waals surface area contributed by atoms with Gasteiger partial charge in [-0.05, 0) is 60.9 Å². The Hall–Kier alpha value is -3.67. The van der Waals surface area contributed by atoms with Gasteiger partial charge in [-0.15, -0.1) is 0 Å². The highest BCUT2D eigenvalue weighted by Gasteiger charge is 2.07. The van der Waals surface area contributed by atoms with Crippen LogP contribution in [0, 0.1) is 6.92 Å². The van der Waals surface area contributed by atoms with Crippen molar-refractivity contribution in [2.24, 2.45) is 5.10 Å². The molecule has 0 atom stereocenters. The summed E-state index contributed by atoms with van der Waals surface area (Å²) < 4.78 is 22.4. The van der Waals surface area contributed by atoms with Crippen molar-refractivity contribution in [3.63, 3.8) is 0 Å². The third kappa shape index (κ3) is 6.41. The highest BCUT2D eigenvalue weighted by Crippen LogP contribution is 2.29. The Balaban J connectivity index is 1.60. The summed E-state index contributed by atoms with van der Waals surface area (Å²) in [5.74, 6) is 2.80. The predicted molar refractivity (Wildman–Crippen MR) is 127 cm³/mol. The lowest BCUT2D eigenvalue weighted by atomic mass is 10.2. The third-order valence-corrected chi connectivity index (χ3v) is 4.82. The van der Waals surface area contributed by atoms with Crippen LogP contribution in [0.4, 0.5) is 0 Å². The Morgan fingerprint density at radius 2 is 1.50 bits per heavy atom. The van der Waals surface area contributed by atoms with Gasteiger partial charge in [0.1, 0.15) is 6.61 Å². The minimum Gasteiger partial charge on any atom is -0.493 e. The summed E-state index contributed by atoms with van der Waals surface area (Å²) in [4.78, 5) is 0. The summed E-state index contributed by atoms with van der Waals surface area (Å²) >= 11 is 0. The van der Waals surface area contributed by atoms with E-state index in [0.717, 1.165) is 16.7 Å². The summed E-state index contributed by atoms with van der Waals surface area (Å²) in [6.45, 7) is 5.63. The van der Waals surface area contributed by atoms with Crippen LogP contribution >= 0.6 is 0 Å². The highest BCUT2D eigenvalue weighted by atomic mass is 16.5. The molecule has 0 amide bonds. The largest absolute Gasteiger partial charge is 0.493 e. The van der Waals surface area contributed by atoms with Crippen molar-refractivity contribution < 1.29 is 18.9 Å². The SMILES string of the molecule is CCOc1cc(/C=N/NCc2ccc(OC)c(OC)c2)ccc1OCc1ccc(C)cc1. The van der Waals surface area contributed by atoms with Crippen LogP contribution in [-0.4, -0.2) is 27.0 Å². The van der Waals surface area contributed by atoms with Crippen LogP contribution in [0.1, 0.15) is 29.2 Å². The smallest absolute Gasteiger partial charge is 0.161 e. The molecule has 0 aliphatic heterocycles. The van der Waals surface area contributed by atoms with Crippen molar-refractivity contribution in [1.82, 2.24) is 5.43 Å². The molecule has 168 valence electrons. The molecule has 0 unspecified atom stereocenters. The number of nitrogens with one attached hydrogen (secondary N) is 1. The zero-order valence-corrected chi connectivity index (χ0v) is 19.1. The standard InChI is InChI=1S/C26H30N2O4/c1-5-31-26-15-22(11-13-24(26)32-18-20-8-6-19(2)7-9-20)17-28-27-16-21-10-12-23(29-3)25(14-21)30-4/h6-15,17,27H,5,16,18H2,1-4H3/b28-17+. The van der Waals surface area contributed by atoms with Gasteiger partial charge in [-0.25, -0.2) is 0 Å². The highest BCUT2D eigenvalue weighted by molar-refractivity contribution is 5.80. The molecule has 0 bridgehead atoms. The average Bonchev–Trinajstić information content (AvgIpc) is 2.82. The molecule has 3 aromatic carbocycles. The first-order valence-corrected chi connectivity index (χ1v) is 10.5. The average molecular weight is 435 g/mol. The van der Waals surface area contributed by atoms with E-state index in [4.69, 9.17) is 18.9 Å². The van der Waals surface area contributed by atoms with Crippen molar-refractivity contribution >= 4 is 6.21 Å². The van der Waals surface area contributed by atoms with Crippen LogP contribution in [0.5, 0.6) is 23.0 Å². The van der Waals surface area contributed by atoms with E-state index >= 15 is 0 Å². The number of rotatable bonds is 11. The number of methoxy groups -OCH3 is 2. The molecule has 1 N–H and O–H groups in total. The van der Waals surface area contributed by atoms with Crippen LogP contribution in [-0.2, 0) is 13.2 Å². The molecule has 0 radical (unpaired) electrons. The Morgan fingerprint density at radius 1 is 0.781 bits per heavy atom. The van der Waals surface area contributed by atoms with Crippen LogP contribution < -0.4 is 24.4 Å². The second-order valence-electron chi connectivity index (χ2n) is 7.20. The van der Waals surface area contributed by atoms with E-state index < -0.39 is 0 Å². The second-order valence-corrected chi connectivity index (χ2v) is 7.20. The molecular formula is C26H30N2O4. The normalized spacial score (nSPS) is 10.8. The lowest BCUT2D eigenvalue weighted by Crippen LogP contribution is -2.06. The zero-order chi connectivity index (χ0) is 22.8. The molecule has 0 heterocycles. The molecule has 32 heavy (non-hydrogen) atoms. The first kappa shape index (κ1) is 23.0. The van der Waals surface area contributed by atoms with Gasteiger partial charge in [0.05, 0.1) is 33.6 Å². The molecular weight excluding hydrogens is 404 g/mol. The predicted octanol–water partition coefficient (Wildman–Crippen LogP) is 5.11. The summed E-state index contributed by atoms with van der Waals surface area (Å²) in [5, 5.41) is 4.32. The number of benzene rings is 3. The van der Waals surface area contributed by atoms with Gasteiger partial charge in [0, 0.05) is 0 Å². The molecule has 0 aliphatic carbocycles. The van der Waals surface area contributed by atoms with Gasteiger partial charge in [0.25, 0.3) is 0 Å². The van der Waals surface area contributed by atoms with E-state index in [1.165, 1.54) is 5.56 Å². The molecule has 3 aromatic rings. The summed E-state index contributed by atoms with van der Waals surface area (Å²) in [5.41, 5.74) is 7.35. The van der Waals surface area contributed by atoms with Crippen molar-refractivity contribution in [2.75, 3.05) is 20.8 Å². The van der Waals surface area contributed by atoms with Crippen molar-refractivity contribution in [3.8, 4) is 23.0 Å². The quantitative estimate of drug-likeness (QED) is 0.336. The third-order valence-electron chi connectivity index (χ3n) is 4.82. The number of hydrazone groups is 1. The lowest BCUT2D eigenvalue weighted by Gasteiger charge is -2.13. The van der Waals surface area contributed by atoms with Gasteiger partial charge in [-0.3, -0.25) is 0 Å². The minimum atomic E-state index is 0.487. The molecule has 0 aromatic heterocycles. The topological polar surface area (TPSA) is 61.3 Å². The Labute approximate surface area is 189 Å². The maximum absolute atomic E-state index is 5.99.